The minimum absolute atomic E-state index is 0.286. The van der Waals surface area contributed by atoms with Gasteiger partial charge in [0.05, 0.1) is 20.8 Å². The second kappa shape index (κ2) is 9.06. The Bertz CT molecular complexity index is 586. The van der Waals surface area contributed by atoms with Gasteiger partial charge in [-0.25, -0.2) is 0 Å². The van der Waals surface area contributed by atoms with Gasteiger partial charge >= 0.3 is 0 Å². The summed E-state index contributed by atoms with van der Waals surface area (Å²) in [5.41, 5.74) is 7.12. The fourth-order valence-corrected chi connectivity index (χ4v) is 2.56. The normalized spacial score (nSPS) is 11.8. The minimum Gasteiger partial charge on any atom is -0.494 e. The number of hydrogen-bond acceptors (Lipinski definition) is 4. The van der Waals surface area contributed by atoms with Crippen LogP contribution in [0, 0.1) is 0 Å². The molecule has 0 aromatic heterocycles. The lowest BCUT2D eigenvalue weighted by molar-refractivity contribution is 0.301. The third-order valence-corrected chi connectivity index (χ3v) is 3.87. The van der Waals surface area contributed by atoms with E-state index in [2.05, 4.69) is 6.07 Å². The smallest absolute Gasteiger partial charge is 0.160 e. The van der Waals surface area contributed by atoms with Crippen LogP contribution in [0.5, 0.6) is 17.2 Å². The zero-order valence-electron chi connectivity index (χ0n) is 13.8. The first kappa shape index (κ1) is 17.2. The van der Waals surface area contributed by atoms with E-state index < -0.39 is 0 Å². The molecule has 0 heterocycles. The van der Waals surface area contributed by atoms with Gasteiger partial charge in [-0.2, -0.15) is 0 Å². The van der Waals surface area contributed by atoms with Crippen molar-refractivity contribution in [2.24, 2.45) is 5.73 Å². The Morgan fingerprint density at radius 1 is 0.957 bits per heavy atom. The second-order valence-electron chi connectivity index (χ2n) is 5.35. The van der Waals surface area contributed by atoms with Gasteiger partial charge in [0.15, 0.2) is 11.5 Å². The number of methoxy groups -OCH3 is 2. The summed E-state index contributed by atoms with van der Waals surface area (Å²) in [4.78, 5) is 0. The van der Waals surface area contributed by atoms with Gasteiger partial charge in [0, 0.05) is 0 Å². The van der Waals surface area contributed by atoms with Crippen LogP contribution >= 0.6 is 0 Å². The zero-order valence-corrected chi connectivity index (χ0v) is 13.8. The number of benzene rings is 2. The first-order chi connectivity index (χ1) is 11.3. The molecule has 0 aliphatic heterocycles. The van der Waals surface area contributed by atoms with Crippen molar-refractivity contribution in [2.45, 2.75) is 18.8 Å². The van der Waals surface area contributed by atoms with Crippen molar-refractivity contribution in [3.8, 4) is 17.2 Å². The summed E-state index contributed by atoms with van der Waals surface area (Å²) < 4.78 is 16.4. The Kier molecular flexibility index (Phi) is 6.76. The van der Waals surface area contributed by atoms with Gasteiger partial charge in [-0.05, 0) is 55.1 Å². The molecule has 0 saturated carbocycles. The monoisotopic (exact) mass is 315 g/mol. The van der Waals surface area contributed by atoms with Gasteiger partial charge in [-0.3, -0.25) is 0 Å². The molecule has 124 valence electrons. The van der Waals surface area contributed by atoms with Crippen LogP contribution in [0.25, 0.3) is 0 Å². The average Bonchev–Trinajstić information content (AvgIpc) is 2.62. The van der Waals surface area contributed by atoms with Crippen LogP contribution in [0.4, 0.5) is 0 Å². The summed E-state index contributed by atoms with van der Waals surface area (Å²) in [5.74, 6) is 2.67. The molecule has 2 aromatic rings. The van der Waals surface area contributed by atoms with Crippen molar-refractivity contribution in [2.75, 3.05) is 27.4 Å². The summed E-state index contributed by atoms with van der Waals surface area (Å²) in [6, 6.07) is 15.9. The molecule has 0 radical (unpaired) electrons. The summed E-state index contributed by atoms with van der Waals surface area (Å²) in [7, 11) is 3.28. The number of rotatable bonds is 9. The first-order valence-electron chi connectivity index (χ1n) is 7.88. The first-order valence-corrected chi connectivity index (χ1v) is 7.88. The lowest BCUT2D eigenvalue weighted by Gasteiger charge is -2.17. The molecular formula is C19H25NO3. The number of nitrogens with two attached hydrogens (primary N) is 1. The summed E-state index contributed by atoms with van der Waals surface area (Å²) in [5, 5.41) is 0. The zero-order chi connectivity index (χ0) is 16.5. The maximum Gasteiger partial charge on any atom is 0.160 e. The molecular weight excluding hydrogens is 290 g/mol. The number of ether oxygens (including phenoxy) is 3. The van der Waals surface area contributed by atoms with Gasteiger partial charge in [0.1, 0.15) is 5.75 Å². The van der Waals surface area contributed by atoms with Gasteiger partial charge < -0.3 is 19.9 Å². The van der Waals surface area contributed by atoms with Crippen LogP contribution < -0.4 is 19.9 Å². The highest BCUT2D eigenvalue weighted by Crippen LogP contribution is 2.31. The van der Waals surface area contributed by atoms with Gasteiger partial charge in [0.25, 0.3) is 0 Å². The lowest BCUT2D eigenvalue weighted by atomic mass is 9.94. The van der Waals surface area contributed by atoms with E-state index in [-0.39, 0.29) is 5.92 Å². The van der Waals surface area contributed by atoms with Crippen LogP contribution in [0.1, 0.15) is 24.3 Å². The third-order valence-electron chi connectivity index (χ3n) is 3.87. The van der Waals surface area contributed by atoms with Crippen LogP contribution in [-0.4, -0.2) is 27.4 Å². The second-order valence-corrected chi connectivity index (χ2v) is 5.35. The molecule has 23 heavy (non-hydrogen) atoms. The van der Waals surface area contributed by atoms with Crippen LogP contribution in [0.2, 0.25) is 0 Å². The Labute approximate surface area is 138 Å². The van der Waals surface area contributed by atoms with Gasteiger partial charge in [-0.15, -0.1) is 0 Å². The van der Waals surface area contributed by atoms with Crippen molar-refractivity contribution in [3.05, 3.63) is 54.1 Å². The van der Waals surface area contributed by atoms with E-state index in [1.807, 2.05) is 42.5 Å². The van der Waals surface area contributed by atoms with E-state index in [4.69, 9.17) is 19.9 Å². The van der Waals surface area contributed by atoms with Crippen molar-refractivity contribution >= 4 is 0 Å². The maximum absolute atomic E-state index is 5.95. The predicted octanol–water partition coefficient (Wildman–Crippen LogP) is 3.61. The molecule has 2 aromatic carbocycles. The van der Waals surface area contributed by atoms with E-state index in [9.17, 15) is 0 Å². The topological polar surface area (TPSA) is 53.7 Å². The van der Waals surface area contributed by atoms with E-state index in [0.29, 0.717) is 13.2 Å². The SMILES string of the molecule is COc1ccc(C(CN)CCCOc2ccccc2)cc1OC. The molecule has 2 rings (SSSR count). The minimum atomic E-state index is 0.286. The van der Waals surface area contributed by atoms with Crippen molar-refractivity contribution in [1.82, 2.24) is 0 Å². The molecule has 4 heteroatoms. The Morgan fingerprint density at radius 3 is 2.35 bits per heavy atom. The fourth-order valence-electron chi connectivity index (χ4n) is 2.56. The van der Waals surface area contributed by atoms with E-state index in [1.54, 1.807) is 14.2 Å². The molecule has 0 aliphatic carbocycles. The van der Waals surface area contributed by atoms with Crippen molar-refractivity contribution < 1.29 is 14.2 Å². The Morgan fingerprint density at radius 2 is 1.70 bits per heavy atom. The molecule has 0 aliphatic rings. The molecule has 1 unspecified atom stereocenters. The fraction of sp³-hybridized carbons (Fsp3) is 0.368. The predicted molar refractivity (Wildman–Crippen MR) is 92.5 cm³/mol. The van der Waals surface area contributed by atoms with E-state index in [0.717, 1.165) is 30.1 Å². The standard InChI is InChI=1S/C19H25NO3/c1-21-18-11-10-15(13-19(18)22-2)16(14-20)7-6-12-23-17-8-4-3-5-9-17/h3-5,8-11,13,16H,6-7,12,14,20H2,1-2H3. The maximum atomic E-state index is 5.95. The third kappa shape index (κ3) is 4.89. The molecule has 0 saturated heterocycles. The Balaban J connectivity index is 1.89. The molecule has 0 spiro atoms. The van der Waals surface area contributed by atoms with Crippen LogP contribution in [-0.2, 0) is 0 Å². The quantitative estimate of drug-likeness (QED) is 0.718. The lowest BCUT2D eigenvalue weighted by Crippen LogP contribution is -2.14. The van der Waals surface area contributed by atoms with Gasteiger partial charge in [-0.1, -0.05) is 24.3 Å². The van der Waals surface area contributed by atoms with Crippen molar-refractivity contribution in [1.29, 1.82) is 0 Å². The van der Waals surface area contributed by atoms with E-state index >= 15 is 0 Å². The number of hydrogen-bond donors (Lipinski definition) is 1. The molecule has 0 amide bonds. The average molecular weight is 315 g/mol. The molecule has 2 N–H and O–H groups in total. The van der Waals surface area contributed by atoms with Crippen molar-refractivity contribution in [3.63, 3.8) is 0 Å². The molecule has 0 bridgehead atoms. The number of para-hydroxylation sites is 1. The summed E-state index contributed by atoms with van der Waals surface area (Å²) in [6.07, 6.45) is 1.92. The Hall–Kier alpha value is -2.20. The van der Waals surface area contributed by atoms with Crippen LogP contribution in [0.3, 0.4) is 0 Å². The highest BCUT2D eigenvalue weighted by molar-refractivity contribution is 5.44. The summed E-state index contributed by atoms with van der Waals surface area (Å²) in [6.45, 7) is 1.29. The molecule has 4 nitrogen and oxygen atoms in total. The van der Waals surface area contributed by atoms with Gasteiger partial charge in [0.2, 0.25) is 0 Å². The molecule has 0 fully saturated rings. The highest BCUT2D eigenvalue weighted by Gasteiger charge is 2.13. The van der Waals surface area contributed by atoms with E-state index in [1.165, 1.54) is 5.56 Å². The summed E-state index contributed by atoms with van der Waals surface area (Å²) >= 11 is 0. The highest BCUT2D eigenvalue weighted by atomic mass is 16.5. The largest absolute Gasteiger partial charge is 0.494 e. The van der Waals surface area contributed by atoms with Crippen LogP contribution in [0.15, 0.2) is 48.5 Å². The molecule has 1 atom stereocenters.